The normalized spacial score (nSPS) is 29.9. The van der Waals surface area contributed by atoms with Crippen molar-refractivity contribution in [2.45, 2.75) is 51.7 Å². The minimum absolute atomic E-state index is 0.189. The third-order valence-corrected chi connectivity index (χ3v) is 5.02. The maximum Gasteiger partial charge on any atom is 0.124 e. The third-order valence-electron chi connectivity index (χ3n) is 5.02. The lowest BCUT2D eigenvalue weighted by molar-refractivity contribution is 0.219. The average molecular weight is 274 g/mol. The molecule has 1 aromatic rings. The summed E-state index contributed by atoms with van der Waals surface area (Å²) in [5.74, 6) is 9.32. The Hall–Kier alpha value is -1.06. The molecule has 3 rings (SSSR count). The van der Waals surface area contributed by atoms with Gasteiger partial charge in [-0.25, -0.2) is 0 Å². The molecule has 4 atom stereocenters. The summed E-state index contributed by atoms with van der Waals surface area (Å²) < 4.78 is 5.97. The summed E-state index contributed by atoms with van der Waals surface area (Å²) in [7, 11) is 0. The summed E-state index contributed by atoms with van der Waals surface area (Å²) in [6, 6.07) is 8.57. The molecular formula is C17H26N2O. The van der Waals surface area contributed by atoms with Gasteiger partial charge in [0, 0.05) is 5.56 Å². The molecule has 0 aromatic heterocycles. The van der Waals surface area contributed by atoms with E-state index < -0.39 is 0 Å². The highest BCUT2D eigenvalue weighted by Gasteiger charge is 2.43. The quantitative estimate of drug-likeness (QED) is 0.639. The molecule has 2 aliphatic carbocycles. The molecule has 2 saturated carbocycles. The Labute approximate surface area is 121 Å². The zero-order valence-corrected chi connectivity index (χ0v) is 12.5. The van der Waals surface area contributed by atoms with E-state index in [1.165, 1.54) is 31.2 Å². The first-order valence-corrected chi connectivity index (χ1v) is 7.90. The highest BCUT2D eigenvalue weighted by Crippen LogP contribution is 2.53. The van der Waals surface area contributed by atoms with E-state index in [0.717, 1.165) is 17.6 Å². The molecule has 110 valence electrons. The van der Waals surface area contributed by atoms with Crippen molar-refractivity contribution in [3.63, 3.8) is 0 Å². The Morgan fingerprint density at radius 2 is 2.00 bits per heavy atom. The Kier molecular flexibility index (Phi) is 3.99. The van der Waals surface area contributed by atoms with Crippen molar-refractivity contribution < 1.29 is 4.74 Å². The third kappa shape index (κ3) is 2.57. The van der Waals surface area contributed by atoms with Crippen LogP contribution in [0, 0.1) is 17.8 Å². The molecule has 0 spiro atoms. The number of nitrogens with two attached hydrogens (primary N) is 1. The van der Waals surface area contributed by atoms with Crippen LogP contribution in [0.15, 0.2) is 24.3 Å². The van der Waals surface area contributed by atoms with Crippen LogP contribution in [0.1, 0.15) is 51.1 Å². The summed E-state index contributed by atoms with van der Waals surface area (Å²) in [5.41, 5.74) is 4.30. The van der Waals surface area contributed by atoms with E-state index in [9.17, 15) is 0 Å². The van der Waals surface area contributed by atoms with Gasteiger partial charge in [0.1, 0.15) is 5.75 Å². The number of nitrogens with one attached hydrogen (secondary N) is 1. The van der Waals surface area contributed by atoms with Crippen molar-refractivity contribution in [2.24, 2.45) is 23.6 Å². The minimum atomic E-state index is 0.189. The topological polar surface area (TPSA) is 47.3 Å². The summed E-state index contributed by atoms with van der Waals surface area (Å²) in [4.78, 5) is 0. The zero-order chi connectivity index (χ0) is 14.1. The lowest BCUT2D eigenvalue weighted by atomic mass is 9.80. The Balaban J connectivity index is 1.85. The van der Waals surface area contributed by atoms with Crippen LogP contribution in [0.3, 0.4) is 0 Å². The molecule has 1 aromatic carbocycles. The molecule has 2 aliphatic rings. The van der Waals surface area contributed by atoms with Gasteiger partial charge in [-0.05, 0) is 56.9 Å². The number of rotatable bonds is 5. The van der Waals surface area contributed by atoms with Crippen molar-refractivity contribution in [2.75, 3.05) is 0 Å². The first-order valence-electron chi connectivity index (χ1n) is 7.90. The maximum absolute atomic E-state index is 5.97. The van der Waals surface area contributed by atoms with Crippen LogP contribution in [0.2, 0.25) is 0 Å². The number of hydrogen-bond donors (Lipinski definition) is 2. The second-order valence-electron chi connectivity index (χ2n) is 6.69. The number of hydrazine groups is 1. The van der Waals surface area contributed by atoms with E-state index >= 15 is 0 Å². The fraction of sp³-hybridized carbons (Fsp3) is 0.647. The molecule has 0 saturated heterocycles. The predicted molar refractivity (Wildman–Crippen MR) is 81.2 cm³/mol. The molecule has 3 N–H and O–H groups in total. The summed E-state index contributed by atoms with van der Waals surface area (Å²) in [5, 5.41) is 0. The SMILES string of the molecule is CC(C)Oc1ccccc1C(NN)C1CC2CCC1C2. The molecule has 3 nitrogen and oxygen atoms in total. The van der Waals surface area contributed by atoms with Crippen molar-refractivity contribution in [1.29, 1.82) is 0 Å². The van der Waals surface area contributed by atoms with Crippen LogP contribution in [0.4, 0.5) is 0 Å². The van der Waals surface area contributed by atoms with Crippen LogP contribution >= 0.6 is 0 Å². The van der Waals surface area contributed by atoms with Crippen LogP contribution in [-0.4, -0.2) is 6.10 Å². The van der Waals surface area contributed by atoms with Crippen molar-refractivity contribution >= 4 is 0 Å². The smallest absolute Gasteiger partial charge is 0.124 e. The van der Waals surface area contributed by atoms with Crippen molar-refractivity contribution in [3.05, 3.63) is 29.8 Å². The largest absolute Gasteiger partial charge is 0.491 e. The Morgan fingerprint density at radius 1 is 1.20 bits per heavy atom. The highest BCUT2D eigenvalue weighted by atomic mass is 16.5. The van der Waals surface area contributed by atoms with E-state index in [1.807, 2.05) is 6.07 Å². The maximum atomic E-state index is 5.97. The second kappa shape index (κ2) is 5.74. The number of hydrogen-bond acceptors (Lipinski definition) is 3. The summed E-state index contributed by atoms with van der Waals surface area (Å²) in [6.45, 7) is 4.14. The molecule has 0 radical (unpaired) electrons. The zero-order valence-electron chi connectivity index (χ0n) is 12.5. The van der Waals surface area contributed by atoms with Crippen LogP contribution in [0.25, 0.3) is 0 Å². The summed E-state index contributed by atoms with van der Waals surface area (Å²) >= 11 is 0. The molecule has 3 heteroatoms. The standard InChI is InChI=1S/C17H26N2O/c1-11(2)20-16-6-4-3-5-14(16)17(19-18)15-10-12-7-8-13(15)9-12/h3-6,11-13,15,17,19H,7-10,18H2,1-2H3. The molecule has 0 heterocycles. The molecule has 20 heavy (non-hydrogen) atoms. The van der Waals surface area contributed by atoms with E-state index in [0.29, 0.717) is 5.92 Å². The van der Waals surface area contributed by atoms with Gasteiger partial charge >= 0.3 is 0 Å². The molecule has 0 aliphatic heterocycles. The first-order chi connectivity index (χ1) is 9.69. The number of ether oxygens (including phenoxy) is 1. The fourth-order valence-electron chi connectivity index (χ4n) is 4.24. The van der Waals surface area contributed by atoms with Gasteiger partial charge in [0.15, 0.2) is 0 Å². The summed E-state index contributed by atoms with van der Waals surface area (Å²) in [6.07, 6.45) is 5.70. The van der Waals surface area contributed by atoms with Crippen molar-refractivity contribution in [3.8, 4) is 5.75 Å². The van der Waals surface area contributed by atoms with E-state index in [1.54, 1.807) is 0 Å². The Morgan fingerprint density at radius 3 is 2.60 bits per heavy atom. The molecular weight excluding hydrogens is 248 g/mol. The predicted octanol–water partition coefficient (Wildman–Crippen LogP) is 3.41. The lowest BCUT2D eigenvalue weighted by Gasteiger charge is -2.31. The molecule has 4 unspecified atom stereocenters. The van der Waals surface area contributed by atoms with Crippen LogP contribution < -0.4 is 16.0 Å². The minimum Gasteiger partial charge on any atom is -0.491 e. The van der Waals surface area contributed by atoms with E-state index in [-0.39, 0.29) is 12.1 Å². The van der Waals surface area contributed by atoms with Gasteiger partial charge in [0.25, 0.3) is 0 Å². The fourth-order valence-corrected chi connectivity index (χ4v) is 4.24. The second-order valence-corrected chi connectivity index (χ2v) is 6.69. The molecule has 2 fully saturated rings. The van der Waals surface area contributed by atoms with Crippen LogP contribution in [0.5, 0.6) is 5.75 Å². The number of benzene rings is 1. The van der Waals surface area contributed by atoms with Gasteiger partial charge in [0.05, 0.1) is 12.1 Å². The van der Waals surface area contributed by atoms with Gasteiger partial charge in [-0.1, -0.05) is 24.6 Å². The van der Waals surface area contributed by atoms with Gasteiger partial charge in [-0.3, -0.25) is 11.3 Å². The van der Waals surface area contributed by atoms with E-state index in [4.69, 9.17) is 10.6 Å². The van der Waals surface area contributed by atoms with Gasteiger partial charge in [0.2, 0.25) is 0 Å². The molecule has 2 bridgehead atoms. The van der Waals surface area contributed by atoms with Crippen molar-refractivity contribution in [1.82, 2.24) is 5.43 Å². The van der Waals surface area contributed by atoms with Gasteiger partial charge in [-0.2, -0.15) is 0 Å². The van der Waals surface area contributed by atoms with Gasteiger partial charge in [-0.15, -0.1) is 0 Å². The highest BCUT2D eigenvalue weighted by molar-refractivity contribution is 5.37. The lowest BCUT2D eigenvalue weighted by Crippen LogP contribution is -2.36. The molecule has 0 amide bonds. The van der Waals surface area contributed by atoms with Gasteiger partial charge < -0.3 is 4.74 Å². The average Bonchev–Trinajstić information content (AvgIpc) is 3.03. The monoisotopic (exact) mass is 274 g/mol. The number of fused-ring (bicyclic) bond motifs is 2. The van der Waals surface area contributed by atoms with E-state index in [2.05, 4.69) is 37.5 Å². The first kappa shape index (κ1) is 13.9. The number of para-hydroxylation sites is 1. The van der Waals surface area contributed by atoms with Crippen LogP contribution in [-0.2, 0) is 0 Å². The Bertz CT molecular complexity index is 460.